The minimum Gasteiger partial charge on any atom is -0.360 e. The fourth-order valence-corrected chi connectivity index (χ4v) is 1.51. The Morgan fingerprint density at radius 3 is 2.94 bits per heavy atom. The molecule has 7 heteroatoms. The molecule has 0 aliphatic rings. The third-order valence-corrected chi connectivity index (χ3v) is 2.35. The van der Waals surface area contributed by atoms with Crippen molar-refractivity contribution in [3.63, 3.8) is 0 Å². The Morgan fingerprint density at radius 2 is 2.44 bits per heavy atom. The van der Waals surface area contributed by atoms with Crippen molar-refractivity contribution in [2.75, 3.05) is 11.9 Å². The lowest BCUT2D eigenvalue weighted by molar-refractivity contribution is -0.388. The summed E-state index contributed by atoms with van der Waals surface area (Å²) in [5.41, 5.74) is 5.59. The standard InChI is InChI=1S/C9H17N5O2/c1-3-4-7(5-10)12-9-8(14(15)16)11-6-13(9)2/h6-7,12H,3-5,10H2,1-2H3. The quantitative estimate of drug-likeness (QED) is 0.555. The predicted octanol–water partition coefficient (Wildman–Crippen LogP) is 0.868. The first-order valence-corrected chi connectivity index (χ1v) is 5.22. The summed E-state index contributed by atoms with van der Waals surface area (Å²) < 4.78 is 1.59. The van der Waals surface area contributed by atoms with Gasteiger partial charge in [0.25, 0.3) is 0 Å². The zero-order valence-corrected chi connectivity index (χ0v) is 9.51. The minimum absolute atomic E-state index is 0.0408. The van der Waals surface area contributed by atoms with Gasteiger partial charge in [0, 0.05) is 19.6 Å². The summed E-state index contributed by atoms with van der Waals surface area (Å²) in [5, 5.41) is 13.8. The zero-order valence-electron chi connectivity index (χ0n) is 9.51. The van der Waals surface area contributed by atoms with Crippen molar-refractivity contribution in [1.82, 2.24) is 9.55 Å². The van der Waals surface area contributed by atoms with E-state index in [0.717, 1.165) is 12.8 Å². The fourth-order valence-electron chi connectivity index (χ4n) is 1.51. The number of aromatic nitrogens is 2. The first-order valence-electron chi connectivity index (χ1n) is 5.22. The van der Waals surface area contributed by atoms with Crippen LogP contribution in [-0.2, 0) is 7.05 Å². The summed E-state index contributed by atoms with van der Waals surface area (Å²) in [5.74, 6) is 0.256. The van der Waals surface area contributed by atoms with E-state index < -0.39 is 4.92 Å². The molecule has 0 aliphatic heterocycles. The number of aryl methyl sites for hydroxylation is 1. The van der Waals surface area contributed by atoms with E-state index in [1.54, 1.807) is 11.6 Å². The molecular weight excluding hydrogens is 210 g/mol. The molecule has 0 fully saturated rings. The molecule has 0 aliphatic carbocycles. The highest BCUT2D eigenvalue weighted by molar-refractivity contribution is 5.52. The Balaban J connectivity index is 2.85. The Morgan fingerprint density at radius 1 is 1.75 bits per heavy atom. The summed E-state index contributed by atoms with van der Waals surface area (Å²) in [7, 11) is 1.71. The van der Waals surface area contributed by atoms with Gasteiger partial charge in [0.15, 0.2) is 0 Å². The van der Waals surface area contributed by atoms with Gasteiger partial charge in [0.1, 0.15) is 0 Å². The molecule has 7 nitrogen and oxygen atoms in total. The van der Waals surface area contributed by atoms with Crippen molar-refractivity contribution < 1.29 is 4.92 Å². The van der Waals surface area contributed by atoms with Crippen LogP contribution in [0.1, 0.15) is 19.8 Å². The van der Waals surface area contributed by atoms with Gasteiger partial charge in [-0.15, -0.1) is 0 Å². The van der Waals surface area contributed by atoms with E-state index in [0.29, 0.717) is 12.4 Å². The number of anilines is 1. The van der Waals surface area contributed by atoms with Crippen LogP contribution in [0.4, 0.5) is 11.6 Å². The summed E-state index contributed by atoms with van der Waals surface area (Å²) >= 11 is 0. The maximum Gasteiger partial charge on any atom is 0.406 e. The average Bonchev–Trinajstić information content (AvgIpc) is 2.60. The second-order valence-electron chi connectivity index (χ2n) is 3.65. The summed E-state index contributed by atoms with van der Waals surface area (Å²) in [6.45, 7) is 2.48. The topological polar surface area (TPSA) is 99.0 Å². The zero-order chi connectivity index (χ0) is 12.1. The number of rotatable bonds is 6. The summed E-state index contributed by atoms with van der Waals surface area (Å²) in [6.07, 6.45) is 3.26. The SMILES string of the molecule is CCCC(CN)Nc1c([N+](=O)[O-])ncn1C. The molecule has 0 saturated carbocycles. The van der Waals surface area contributed by atoms with Gasteiger partial charge in [-0.05, 0) is 16.3 Å². The number of imidazole rings is 1. The lowest BCUT2D eigenvalue weighted by Crippen LogP contribution is -2.29. The van der Waals surface area contributed by atoms with Crippen LogP contribution >= 0.6 is 0 Å². The number of nitrogens with zero attached hydrogens (tertiary/aromatic N) is 3. The van der Waals surface area contributed by atoms with E-state index in [9.17, 15) is 10.1 Å². The first-order chi connectivity index (χ1) is 7.60. The van der Waals surface area contributed by atoms with Crippen LogP contribution < -0.4 is 11.1 Å². The lowest BCUT2D eigenvalue weighted by atomic mass is 10.2. The van der Waals surface area contributed by atoms with Gasteiger partial charge in [-0.25, -0.2) is 0 Å². The monoisotopic (exact) mass is 227 g/mol. The molecule has 0 bridgehead atoms. The second kappa shape index (κ2) is 5.45. The molecule has 1 unspecified atom stereocenters. The number of nitrogens with two attached hydrogens (primary N) is 1. The number of nitro groups is 1. The van der Waals surface area contributed by atoms with E-state index in [4.69, 9.17) is 5.73 Å². The molecule has 1 atom stereocenters. The Labute approximate surface area is 93.8 Å². The van der Waals surface area contributed by atoms with E-state index in [2.05, 4.69) is 10.3 Å². The molecule has 0 radical (unpaired) electrons. The van der Waals surface area contributed by atoms with Crippen LogP contribution in [-0.4, -0.2) is 27.1 Å². The van der Waals surface area contributed by atoms with Crippen molar-refractivity contribution >= 4 is 11.6 Å². The Kier molecular flexibility index (Phi) is 4.24. The molecule has 90 valence electrons. The maximum absolute atomic E-state index is 10.7. The van der Waals surface area contributed by atoms with Crippen LogP contribution in [0.15, 0.2) is 6.33 Å². The van der Waals surface area contributed by atoms with E-state index in [-0.39, 0.29) is 11.9 Å². The highest BCUT2D eigenvalue weighted by Gasteiger charge is 2.21. The third-order valence-electron chi connectivity index (χ3n) is 2.35. The van der Waals surface area contributed by atoms with Crippen LogP contribution in [0, 0.1) is 10.1 Å². The summed E-state index contributed by atoms with van der Waals surface area (Å²) in [4.78, 5) is 13.9. The lowest BCUT2D eigenvalue weighted by Gasteiger charge is -2.16. The van der Waals surface area contributed by atoms with Crippen molar-refractivity contribution in [1.29, 1.82) is 0 Å². The Bertz CT molecular complexity index is 363. The average molecular weight is 227 g/mol. The van der Waals surface area contributed by atoms with Gasteiger partial charge in [-0.1, -0.05) is 13.3 Å². The number of hydrogen-bond acceptors (Lipinski definition) is 5. The second-order valence-corrected chi connectivity index (χ2v) is 3.65. The van der Waals surface area contributed by atoms with Gasteiger partial charge >= 0.3 is 5.82 Å². The largest absolute Gasteiger partial charge is 0.406 e. The summed E-state index contributed by atoms with van der Waals surface area (Å²) in [6, 6.07) is 0.0408. The predicted molar refractivity (Wildman–Crippen MR) is 61.2 cm³/mol. The van der Waals surface area contributed by atoms with Crippen LogP contribution in [0.5, 0.6) is 0 Å². The molecule has 1 aromatic heterocycles. The number of hydrogen-bond donors (Lipinski definition) is 2. The normalized spacial score (nSPS) is 12.4. The maximum atomic E-state index is 10.7. The highest BCUT2D eigenvalue weighted by atomic mass is 16.6. The molecular formula is C9H17N5O2. The van der Waals surface area contributed by atoms with Crippen molar-refractivity contribution in [2.45, 2.75) is 25.8 Å². The molecule has 16 heavy (non-hydrogen) atoms. The number of nitrogens with one attached hydrogen (secondary N) is 1. The van der Waals surface area contributed by atoms with Gasteiger partial charge in [-0.2, -0.15) is 0 Å². The van der Waals surface area contributed by atoms with Gasteiger partial charge in [0.05, 0.1) is 0 Å². The molecule has 0 spiro atoms. The molecule has 0 saturated heterocycles. The van der Waals surface area contributed by atoms with Crippen LogP contribution in [0.2, 0.25) is 0 Å². The molecule has 1 heterocycles. The highest BCUT2D eigenvalue weighted by Crippen LogP contribution is 2.22. The van der Waals surface area contributed by atoms with E-state index in [1.807, 2.05) is 6.92 Å². The Hall–Kier alpha value is -1.63. The van der Waals surface area contributed by atoms with E-state index >= 15 is 0 Å². The van der Waals surface area contributed by atoms with Crippen molar-refractivity contribution in [3.05, 3.63) is 16.4 Å². The molecule has 3 N–H and O–H groups in total. The van der Waals surface area contributed by atoms with E-state index in [1.165, 1.54) is 6.33 Å². The fraction of sp³-hybridized carbons (Fsp3) is 0.667. The van der Waals surface area contributed by atoms with Crippen LogP contribution in [0.25, 0.3) is 0 Å². The van der Waals surface area contributed by atoms with Gasteiger partial charge < -0.3 is 21.2 Å². The molecule has 1 rings (SSSR count). The van der Waals surface area contributed by atoms with Gasteiger partial charge in [0.2, 0.25) is 12.1 Å². The van der Waals surface area contributed by atoms with Crippen LogP contribution in [0.3, 0.4) is 0 Å². The smallest absolute Gasteiger partial charge is 0.360 e. The third kappa shape index (κ3) is 2.69. The van der Waals surface area contributed by atoms with Crippen molar-refractivity contribution in [3.8, 4) is 0 Å². The minimum atomic E-state index is -0.498. The first kappa shape index (κ1) is 12.4. The van der Waals surface area contributed by atoms with Gasteiger partial charge in [-0.3, -0.25) is 4.57 Å². The molecule has 0 aromatic carbocycles. The molecule has 0 amide bonds. The molecule has 1 aromatic rings. The van der Waals surface area contributed by atoms with Crippen molar-refractivity contribution in [2.24, 2.45) is 12.8 Å².